The second-order valence-corrected chi connectivity index (χ2v) is 9.00. The number of hydrogen-bond donors (Lipinski definition) is 1. The van der Waals surface area contributed by atoms with Gasteiger partial charge in [0.05, 0.1) is 0 Å². The van der Waals surface area contributed by atoms with Gasteiger partial charge in [-0.2, -0.15) is 13.2 Å². The quantitative estimate of drug-likeness (QED) is 0.690. The topological polar surface area (TPSA) is 64.6 Å². The van der Waals surface area contributed by atoms with E-state index in [-0.39, 0.29) is 11.9 Å². The fourth-order valence-corrected chi connectivity index (χ4v) is 4.44. The summed E-state index contributed by atoms with van der Waals surface area (Å²) >= 11 is 0. The molecule has 1 amide bonds. The summed E-state index contributed by atoms with van der Waals surface area (Å²) in [4.78, 5) is 27.1. The summed E-state index contributed by atoms with van der Waals surface area (Å²) in [6.45, 7) is 7.59. The lowest BCUT2D eigenvalue weighted by molar-refractivity contribution is -0.141. The predicted molar refractivity (Wildman–Crippen MR) is 125 cm³/mol. The van der Waals surface area contributed by atoms with Crippen molar-refractivity contribution in [1.29, 1.82) is 0 Å². The van der Waals surface area contributed by atoms with Crippen LogP contribution in [0, 0.1) is 6.92 Å². The molecule has 2 saturated heterocycles. The number of pyridine rings is 2. The lowest BCUT2D eigenvalue weighted by Gasteiger charge is -2.36. The highest BCUT2D eigenvalue weighted by Crippen LogP contribution is 2.29. The van der Waals surface area contributed by atoms with Crippen LogP contribution in [0.1, 0.15) is 30.5 Å². The molecule has 0 atom stereocenters. The highest BCUT2D eigenvalue weighted by Gasteiger charge is 2.33. The third kappa shape index (κ3) is 6.37. The van der Waals surface area contributed by atoms with Gasteiger partial charge in [-0.1, -0.05) is 6.07 Å². The molecule has 0 radical (unpaired) electrons. The summed E-state index contributed by atoms with van der Waals surface area (Å²) < 4.78 is 38.6. The predicted octanol–water partition coefficient (Wildman–Crippen LogP) is 3.42. The molecule has 0 saturated carbocycles. The number of piperidine rings is 1. The molecule has 0 bridgehead atoms. The van der Waals surface area contributed by atoms with Gasteiger partial charge in [0.25, 0.3) is 0 Å². The number of piperazine rings is 1. The van der Waals surface area contributed by atoms with Crippen LogP contribution in [-0.4, -0.2) is 77.5 Å². The number of carbonyl (C=O) groups is 1. The summed E-state index contributed by atoms with van der Waals surface area (Å²) in [5, 5.41) is 3.16. The van der Waals surface area contributed by atoms with Crippen LogP contribution in [0.4, 0.5) is 24.7 Å². The number of aryl methyl sites for hydroxylation is 1. The van der Waals surface area contributed by atoms with Gasteiger partial charge in [0.1, 0.15) is 11.5 Å². The second-order valence-electron chi connectivity index (χ2n) is 9.00. The van der Waals surface area contributed by atoms with Crippen molar-refractivity contribution in [2.75, 3.05) is 56.0 Å². The largest absolute Gasteiger partial charge is 0.433 e. The number of nitrogens with one attached hydrogen (secondary N) is 1. The van der Waals surface area contributed by atoms with E-state index in [1.165, 1.54) is 6.20 Å². The first kappa shape index (κ1) is 24.3. The number of hydrogen-bond acceptors (Lipinski definition) is 6. The van der Waals surface area contributed by atoms with Crippen molar-refractivity contribution in [2.24, 2.45) is 0 Å². The van der Waals surface area contributed by atoms with Gasteiger partial charge in [-0.15, -0.1) is 0 Å². The molecule has 1 N–H and O–H groups in total. The molecule has 4 heterocycles. The van der Waals surface area contributed by atoms with E-state index in [1.54, 1.807) is 6.07 Å². The average molecular weight is 477 g/mol. The molecule has 10 heteroatoms. The Bertz CT molecular complexity index is 952. The number of aromatic nitrogens is 2. The Labute approximate surface area is 198 Å². The molecule has 0 unspecified atom stereocenters. The number of rotatable bonds is 6. The molecule has 0 aliphatic carbocycles. The first-order chi connectivity index (χ1) is 16.3. The zero-order valence-corrected chi connectivity index (χ0v) is 19.4. The van der Waals surface area contributed by atoms with Gasteiger partial charge in [-0.3, -0.25) is 14.7 Å². The van der Waals surface area contributed by atoms with E-state index in [1.807, 2.05) is 18.0 Å². The fourth-order valence-electron chi connectivity index (χ4n) is 4.44. The number of halogens is 3. The van der Waals surface area contributed by atoms with Crippen molar-refractivity contribution in [3.8, 4) is 0 Å². The number of carbonyl (C=O) groups excluding carboxylic acids is 1. The van der Waals surface area contributed by atoms with E-state index in [0.29, 0.717) is 38.0 Å². The van der Waals surface area contributed by atoms with Crippen LogP contribution in [-0.2, 0) is 11.0 Å². The Hall–Kier alpha value is -2.88. The van der Waals surface area contributed by atoms with Crippen LogP contribution in [0.5, 0.6) is 0 Å². The fraction of sp³-hybridized carbons (Fsp3) is 0.542. The molecular weight excluding hydrogens is 445 g/mol. The van der Waals surface area contributed by atoms with Crippen LogP contribution in [0.2, 0.25) is 0 Å². The van der Waals surface area contributed by atoms with Crippen molar-refractivity contribution in [3.05, 3.63) is 47.9 Å². The van der Waals surface area contributed by atoms with Gasteiger partial charge in [0, 0.05) is 76.4 Å². The highest BCUT2D eigenvalue weighted by atomic mass is 19.4. The standard InChI is InChI=1S/C24H31F3N6O/c1-18-2-3-22(29-17-18)32-14-12-31(13-15-32)9-7-23(34)33-10-5-19(6-11-33)30-20-4-8-28-21(16-20)24(25,26)27/h2-4,8,16-17,19H,5-7,9-15H2,1H3,(H,28,30). The average Bonchev–Trinajstić information content (AvgIpc) is 2.83. The Morgan fingerprint density at radius 3 is 2.44 bits per heavy atom. The highest BCUT2D eigenvalue weighted by molar-refractivity contribution is 5.76. The van der Waals surface area contributed by atoms with Crippen LogP contribution in [0.25, 0.3) is 0 Å². The van der Waals surface area contributed by atoms with Gasteiger partial charge in [0.15, 0.2) is 0 Å². The molecule has 0 spiro atoms. The molecule has 2 fully saturated rings. The molecule has 2 aromatic heterocycles. The Balaban J connectivity index is 1.16. The normalized spacial score (nSPS) is 18.2. The summed E-state index contributed by atoms with van der Waals surface area (Å²) in [5.74, 6) is 1.14. The maximum absolute atomic E-state index is 12.9. The minimum absolute atomic E-state index is 0.0380. The van der Waals surface area contributed by atoms with Gasteiger partial charge in [-0.25, -0.2) is 4.98 Å². The molecule has 2 aromatic rings. The van der Waals surface area contributed by atoms with E-state index >= 15 is 0 Å². The van der Waals surface area contributed by atoms with E-state index in [0.717, 1.165) is 50.2 Å². The smallest absolute Gasteiger partial charge is 0.382 e. The molecule has 2 aliphatic heterocycles. The van der Waals surface area contributed by atoms with Crippen molar-refractivity contribution >= 4 is 17.4 Å². The summed E-state index contributed by atoms with van der Waals surface area (Å²) in [6.07, 6.45) is 0.490. The third-order valence-corrected chi connectivity index (χ3v) is 6.50. The van der Waals surface area contributed by atoms with Crippen molar-refractivity contribution in [2.45, 2.75) is 38.4 Å². The number of alkyl halides is 3. The summed E-state index contributed by atoms with van der Waals surface area (Å²) in [7, 11) is 0. The number of amides is 1. The zero-order chi connectivity index (χ0) is 24.1. The van der Waals surface area contributed by atoms with Gasteiger partial charge in [-0.05, 0) is 43.5 Å². The first-order valence-corrected chi connectivity index (χ1v) is 11.8. The maximum atomic E-state index is 12.9. The number of anilines is 2. The van der Waals surface area contributed by atoms with Crippen LogP contribution in [0.3, 0.4) is 0 Å². The van der Waals surface area contributed by atoms with E-state index < -0.39 is 11.9 Å². The maximum Gasteiger partial charge on any atom is 0.433 e. The van der Waals surface area contributed by atoms with Crippen LogP contribution >= 0.6 is 0 Å². The summed E-state index contributed by atoms with van der Waals surface area (Å²) in [6, 6.07) is 6.74. The molecule has 7 nitrogen and oxygen atoms in total. The molecule has 34 heavy (non-hydrogen) atoms. The van der Waals surface area contributed by atoms with Gasteiger partial charge >= 0.3 is 6.18 Å². The lowest BCUT2D eigenvalue weighted by Crippen LogP contribution is -2.48. The van der Waals surface area contributed by atoms with Crippen LogP contribution < -0.4 is 10.2 Å². The minimum atomic E-state index is -4.46. The van der Waals surface area contributed by atoms with Crippen molar-refractivity contribution < 1.29 is 18.0 Å². The van der Waals surface area contributed by atoms with Crippen molar-refractivity contribution in [1.82, 2.24) is 19.8 Å². The minimum Gasteiger partial charge on any atom is -0.382 e. The zero-order valence-electron chi connectivity index (χ0n) is 19.4. The van der Waals surface area contributed by atoms with Gasteiger partial charge < -0.3 is 15.1 Å². The first-order valence-electron chi connectivity index (χ1n) is 11.8. The Morgan fingerprint density at radius 2 is 1.79 bits per heavy atom. The Kier molecular flexibility index (Phi) is 7.55. The van der Waals surface area contributed by atoms with E-state index in [2.05, 4.69) is 37.2 Å². The van der Waals surface area contributed by atoms with Gasteiger partial charge in [0.2, 0.25) is 5.91 Å². The summed E-state index contributed by atoms with van der Waals surface area (Å²) in [5.41, 5.74) is 0.654. The van der Waals surface area contributed by atoms with Crippen molar-refractivity contribution in [3.63, 3.8) is 0 Å². The molecule has 4 rings (SSSR count). The number of nitrogens with zero attached hydrogens (tertiary/aromatic N) is 5. The SMILES string of the molecule is Cc1ccc(N2CCN(CCC(=O)N3CCC(Nc4ccnc(C(F)(F)F)c4)CC3)CC2)nc1. The Morgan fingerprint density at radius 1 is 1.06 bits per heavy atom. The third-order valence-electron chi connectivity index (χ3n) is 6.50. The monoisotopic (exact) mass is 476 g/mol. The molecule has 2 aliphatic rings. The lowest BCUT2D eigenvalue weighted by atomic mass is 10.0. The molecular formula is C24H31F3N6O. The molecule has 184 valence electrons. The second kappa shape index (κ2) is 10.6. The molecule has 0 aromatic carbocycles. The van der Waals surface area contributed by atoms with E-state index in [9.17, 15) is 18.0 Å². The van der Waals surface area contributed by atoms with Crippen LogP contribution in [0.15, 0.2) is 36.7 Å². The van der Waals surface area contributed by atoms with E-state index in [4.69, 9.17) is 0 Å². The number of likely N-dealkylation sites (tertiary alicyclic amines) is 1.